The van der Waals surface area contributed by atoms with Gasteiger partial charge in [0, 0.05) is 23.6 Å². The molecular formula is C33H38F4N4O4S2. The predicted octanol–water partition coefficient (Wildman–Crippen LogP) is 6.26. The highest BCUT2D eigenvalue weighted by Gasteiger charge is 2.42. The molecule has 1 aliphatic carbocycles. The van der Waals surface area contributed by atoms with Gasteiger partial charge in [-0.3, -0.25) is 0 Å². The molecule has 0 unspecified atom stereocenters. The van der Waals surface area contributed by atoms with E-state index in [9.17, 15) is 26.0 Å². The minimum atomic E-state index is -4.42. The number of fused-ring (bicyclic) bond motifs is 1. The highest BCUT2D eigenvalue weighted by molar-refractivity contribution is 7.89. The molecule has 14 heteroatoms. The van der Waals surface area contributed by atoms with Gasteiger partial charge in [0.1, 0.15) is 5.75 Å². The normalized spacial score (nSPS) is 21.6. The van der Waals surface area contributed by atoms with Crippen LogP contribution < -0.4 is 20.5 Å². The van der Waals surface area contributed by atoms with Gasteiger partial charge in [0.2, 0.25) is 16.9 Å². The van der Waals surface area contributed by atoms with Gasteiger partial charge in [0.05, 0.1) is 52.0 Å². The second-order valence-corrected chi connectivity index (χ2v) is 15.3. The lowest BCUT2D eigenvalue weighted by atomic mass is 9.76. The number of likely N-dealkylation sites (tertiary alicyclic amines) is 1. The molecule has 2 aromatic carbocycles. The molecule has 254 valence electrons. The van der Waals surface area contributed by atoms with Crippen LogP contribution in [0.5, 0.6) is 5.75 Å². The van der Waals surface area contributed by atoms with Crippen LogP contribution in [-0.2, 0) is 21.2 Å². The Bertz CT molecular complexity index is 1750. The summed E-state index contributed by atoms with van der Waals surface area (Å²) in [5, 5.41) is 12.2. The third kappa shape index (κ3) is 7.97. The van der Waals surface area contributed by atoms with E-state index in [0.29, 0.717) is 21.7 Å². The number of anilines is 2. The number of nitrogens with one attached hydrogen (secondary N) is 2. The molecule has 4 N–H and O–H groups in total. The van der Waals surface area contributed by atoms with E-state index in [-0.39, 0.29) is 34.5 Å². The van der Waals surface area contributed by atoms with Gasteiger partial charge in [-0.25, -0.2) is 17.9 Å². The monoisotopic (exact) mass is 694 g/mol. The van der Waals surface area contributed by atoms with E-state index in [1.807, 2.05) is 6.07 Å². The maximum Gasteiger partial charge on any atom is 0.393 e. The Morgan fingerprint density at radius 1 is 1.09 bits per heavy atom. The van der Waals surface area contributed by atoms with Crippen LogP contribution in [0.3, 0.4) is 0 Å². The summed E-state index contributed by atoms with van der Waals surface area (Å²) in [5.74, 6) is 5.68. The number of ether oxygens (including phenoxy) is 2. The van der Waals surface area contributed by atoms with Crippen molar-refractivity contribution in [3.05, 3.63) is 46.8 Å². The Balaban J connectivity index is 1.15. The first-order chi connectivity index (χ1) is 22.4. The molecule has 3 aromatic rings. The van der Waals surface area contributed by atoms with Crippen molar-refractivity contribution in [1.29, 1.82) is 0 Å². The first-order valence-electron chi connectivity index (χ1n) is 15.7. The van der Waals surface area contributed by atoms with Crippen molar-refractivity contribution in [2.24, 2.45) is 10.6 Å². The number of alkyl halides is 4. The standard InChI is InChI=1S/C33H38F4N4O4S2/c34-21-45-29-17-24(47(38,42)43)10-11-27(29)39-14-2-5-30-26(18-33(35,36)37)25-3-1-4-28(31(25)46-30)40-22-6-8-23(9-7-22)41-15-12-32(13-16-41)19-44-20-32/h1,3-4,10-11,17,22-23,39-40H,6-9,12-16,18-21H2,(H2,38,42,43). The molecule has 0 radical (unpaired) electrons. The second-order valence-electron chi connectivity index (χ2n) is 12.7. The molecule has 1 spiro atoms. The van der Waals surface area contributed by atoms with Crippen LogP contribution in [0.15, 0.2) is 41.3 Å². The van der Waals surface area contributed by atoms with Crippen molar-refractivity contribution in [1.82, 2.24) is 4.90 Å². The first kappa shape index (κ1) is 33.8. The number of hydrogen-bond donors (Lipinski definition) is 3. The van der Waals surface area contributed by atoms with Gasteiger partial charge < -0.3 is 25.0 Å². The van der Waals surface area contributed by atoms with Crippen molar-refractivity contribution in [3.63, 3.8) is 0 Å². The number of hydrogen-bond acceptors (Lipinski definition) is 8. The third-order valence-electron chi connectivity index (χ3n) is 9.50. The number of primary sulfonamides is 1. The summed E-state index contributed by atoms with van der Waals surface area (Å²) in [6, 6.07) is 9.91. The van der Waals surface area contributed by atoms with Crippen LogP contribution >= 0.6 is 11.3 Å². The fourth-order valence-corrected chi connectivity index (χ4v) is 8.58. The summed E-state index contributed by atoms with van der Waals surface area (Å²) < 4.78 is 88.5. The Kier molecular flexibility index (Phi) is 9.92. The molecule has 6 rings (SSSR count). The van der Waals surface area contributed by atoms with Crippen molar-refractivity contribution >= 4 is 42.8 Å². The zero-order valence-electron chi connectivity index (χ0n) is 25.8. The number of nitrogens with two attached hydrogens (primary N) is 1. The molecule has 47 heavy (non-hydrogen) atoms. The lowest BCUT2D eigenvalue weighted by Gasteiger charge is -2.49. The van der Waals surface area contributed by atoms with Crippen LogP contribution in [-0.4, -0.2) is 71.3 Å². The summed E-state index contributed by atoms with van der Waals surface area (Å²) in [4.78, 5) is 2.70. The molecule has 1 saturated carbocycles. The SMILES string of the molecule is NS(=O)(=O)c1ccc(NCC#Cc2sc3c(NC4CCC(N5CCC6(CC5)COC6)CC4)cccc3c2CC(F)(F)F)c(OCF)c1. The number of sulfonamides is 1. The summed E-state index contributed by atoms with van der Waals surface area (Å²) >= 11 is 1.24. The van der Waals surface area contributed by atoms with E-state index < -0.39 is 29.5 Å². The van der Waals surface area contributed by atoms with Crippen LogP contribution in [0, 0.1) is 17.3 Å². The summed E-state index contributed by atoms with van der Waals surface area (Å²) in [7, 11) is -4.04. The molecule has 0 atom stereocenters. The van der Waals surface area contributed by atoms with Gasteiger partial charge >= 0.3 is 6.18 Å². The summed E-state index contributed by atoms with van der Waals surface area (Å²) in [6.07, 6.45) is 1.06. The summed E-state index contributed by atoms with van der Waals surface area (Å²) in [5.41, 5.74) is 1.63. The Morgan fingerprint density at radius 3 is 2.47 bits per heavy atom. The van der Waals surface area contributed by atoms with Crippen LogP contribution in [0.4, 0.5) is 28.9 Å². The molecular weight excluding hydrogens is 657 g/mol. The smallest absolute Gasteiger partial charge is 0.393 e. The first-order valence-corrected chi connectivity index (χ1v) is 18.1. The molecule has 3 fully saturated rings. The fraction of sp³-hybridized carbons (Fsp3) is 0.515. The average Bonchev–Trinajstić information content (AvgIpc) is 3.35. The van der Waals surface area contributed by atoms with Gasteiger partial charge in [-0.15, -0.1) is 11.3 Å². The molecule has 3 aliphatic rings. The molecule has 0 bridgehead atoms. The predicted molar refractivity (Wildman–Crippen MR) is 175 cm³/mol. The molecule has 2 saturated heterocycles. The van der Waals surface area contributed by atoms with Crippen LogP contribution in [0.25, 0.3) is 10.1 Å². The molecule has 0 amide bonds. The average molecular weight is 695 g/mol. The molecule has 3 heterocycles. The van der Waals surface area contributed by atoms with Crippen molar-refractivity contribution in [2.75, 3.05) is 50.3 Å². The van der Waals surface area contributed by atoms with E-state index in [4.69, 9.17) is 14.6 Å². The zero-order valence-corrected chi connectivity index (χ0v) is 27.4. The van der Waals surface area contributed by atoms with E-state index in [2.05, 4.69) is 27.4 Å². The molecule has 2 aliphatic heterocycles. The zero-order chi connectivity index (χ0) is 33.2. The van der Waals surface area contributed by atoms with Crippen LogP contribution in [0.2, 0.25) is 0 Å². The van der Waals surface area contributed by atoms with Crippen molar-refractivity contribution < 1.29 is 35.5 Å². The highest BCUT2D eigenvalue weighted by Crippen LogP contribution is 2.42. The second kappa shape index (κ2) is 13.8. The summed E-state index contributed by atoms with van der Waals surface area (Å²) in [6.45, 7) is 2.83. The van der Waals surface area contributed by atoms with Gasteiger partial charge in [-0.1, -0.05) is 24.0 Å². The van der Waals surface area contributed by atoms with Crippen LogP contribution in [0.1, 0.15) is 49.0 Å². The van der Waals surface area contributed by atoms with E-state index in [0.717, 1.165) is 68.4 Å². The van der Waals surface area contributed by atoms with Gasteiger partial charge in [-0.05, 0) is 80.8 Å². The molecule has 8 nitrogen and oxygen atoms in total. The topological polar surface area (TPSA) is 106 Å². The van der Waals surface area contributed by atoms with Gasteiger partial charge in [0.25, 0.3) is 0 Å². The number of thiophene rings is 1. The maximum atomic E-state index is 13.7. The van der Waals surface area contributed by atoms with E-state index in [1.165, 1.54) is 36.3 Å². The third-order valence-corrected chi connectivity index (χ3v) is 11.6. The Morgan fingerprint density at radius 2 is 1.83 bits per heavy atom. The van der Waals surface area contributed by atoms with E-state index >= 15 is 0 Å². The van der Waals surface area contributed by atoms with Gasteiger partial charge in [-0.2, -0.15) is 13.2 Å². The Labute approximate surface area is 276 Å². The maximum absolute atomic E-state index is 13.7. The largest absolute Gasteiger partial charge is 0.461 e. The number of nitrogens with zero attached hydrogens (tertiary/aromatic N) is 1. The number of rotatable bonds is 9. The fourth-order valence-electron chi connectivity index (χ4n) is 6.88. The lowest BCUT2D eigenvalue weighted by molar-refractivity contribution is -0.143. The number of halogens is 4. The molecule has 1 aromatic heterocycles. The quantitative estimate of drug-likeness (QED) is 0.180. The van der Waals surface area contributed by atoms with Gasteiger partial charge in [0.15, 0.2) is 0 Å². The minimum absolute atomic E-state index is 0.0167. The highest BCUT2D eigenvalue weighted by atomic mass is 32.2. The minimum Gasteiger partial charge on any atom is -0.461 e. The van der Waals surface area contributed by atoms with E-state index in [1.54, 1.807) is 12.1 Å². The lowest BCUT2D eigenvalue weighted by Crippen LogP contribution is -2.53. The number of benzene rings is 2. The number of piperidine rings is 1. The van der Waals surface area contributed by atoms with Crippen molar-refractivity contribution in [3.8, 4) is 17.6 Å². The van der Waals surface area contributed by atoms with Crippen molar-refractivity contribution in [2.45, 2.75) is 68.1 Å². The Hall–Kier alpha value is -3.09.